The molecule has 0 atom stereocenters. The number of fused-ring (bicyclic) bond motifs is 1. The quantitative estimate of drug-likeness (QED) is 0.698. The Hall–Kier alpha value is -2.33. The number of halogens is 2. The molecule has 1 fully saturated rings. The first-order valence-electron chi connectivity index (χ1n) is 8.89. The van der Waals surface area contributed by atoms with Gasteiger partial charge in [-0.05, 0) is 54.2 Å². The summed E-state index contributed by atoms with van der Waals surface area (Å²) in [5.41, 5.74) is 3.22. The van der Waals surface area contributed by atoms with Gasteiger partial charge in [0, 0.05) is 35.2 Å². The van der Waals surface area contributed by atoms with Crippen molar-refractivity contribution in [1.29, 1.82) is 0 Å². The lowest BCUT2D eigenvalue weighted by molar-refractivity contribution is -0.131. The Kier molecular flexibility index (Phi) is 4.68. The molecule has 0 bridgehead atoms. The van der Waals surface area contributed by atoms with Crippen LogP contribution in [0.25, 0.3) is 10.9 Å². The number of benzene rings is 2. The SMILES string of the molecule is O=C(Cc1ccc(F)cc1)N1CCC(c2c[nH]c3cc(Cl)ccc23)CC1. The second kappa shape index (κ2) is 7.12. The lowest BCUT2D eigenvalue weighted by Gasteiger charge is -2.32. The van der Waals surface area contributed by atoms with E-state index in [1.165, 1.54) is 23.1 Å². The van der Waals surface area contributed by atoms with E-state index in [0.29, 0.717) is 12.3 Å². The maximum atomic E-state index is 13.0. The number of carbonyl (C=O) groups is 1. The number of H-pyrrole nitrogens is 1. The number of nitrogens with one attached hydrogen (secondary N) is 1. The highest BCUT2D eigenvalue weighted by Gasteiger charge is 2.25. The predicted octanol–water partition coefficient (Wildman–Crippen LogP) is 4.91. The Morgan fingerprint density at radius 3 is 2.62 bits per heavy atom. The lowest BCUT2D eigenvalue weighted by atomic mass is 9.89. The Morgan fingerprint density at radius 2 is 1.88 bits per heavy atom. The number of rotatable bonds is 3. The predicted molar refractivity (Wildman–Crippen MR) is 102 cm³/mol. The van der Waals surface area contributed by atoms with Crippen molar-refractivity contribution in [3.8, 4) is 0 Å². The van der Waals surface area contributed by atoms with Crippen molar-refractivity contribution in [2.75, 3.05) is 13.1 Å². The molecule has 1 aliphatic heterocycles. The summed E-state index contributed by atoms with van der Waals surface area (Å²) in [7, 11) is 0. The van der Waals surface area contributed by atoms with Crippen molar-refractivity contribution in [3.05, 3.63) is 70.6 Å². The molecule has 0 spiro atoms. The maximum absolute atomic E-state index is 13.0. The van der Waals surface area contributed by atoms with Crippen molar-refractivity contribution in [2.24, 2.45) is 0 Å². The summed E-state index contributed by atoms with van der Waals surface area (Å²) in [6, 6.07) is 12.1. The third-order valence-electron chi connectivity index (χ3n) is 5.23. The first kappa shape index (κ1) is 17.1. The van der Waals surface area contributed by atoms with E-state index in [2.05, 4.69) is 17.2 Å². The Bertz CT molecular complexity index is 927. The fraction of sp³-hybridized carbons (Fsp3) is 0.286. The van der Waals surface area contributed by atoms with E-state index < -0.39 is 0 Å². The molecule has 0 saturated carbocycles. The van der Waals surface area contributed by atoms with Gasteiger partial charge in [-0.3, -0.25) is 4.79 Å². The average Bonchev–Trinajstić information content (AvgIpc) is 3.06. The molecule has 1 aliphatic rings. The molecular weight excluding hydrogens is 351 g/mol. The zero-order valence-corrected chi connectivity index (χ0v) is 15.1. The van der Waals surface area contributed by atoms with Gasteiger partial charge in [-0.1, -0.05) is 29.8 Å². The molecule has 2 heterocycles. The number of amides is 1. The summed E-state index contributed by atoms with van der Waals surface area (Å²) in [6.45, 7) is 1.51. The molecule has 134 valence electrons. The highest BCUT2D eigenvalue weighted by molar-refractivity contribution is 6.31. The van der Waals surface area contributed by atoms with E-state index in [1.54, 1.807) is 12.1 Å². The van der Waals surface area contributed by atoms with Crippen LogP contribution in [-0.4, -0.2) is 28.9 Å². The van der Waals surface area contributed by atoms with Gasteiger partial charge in [0.2, 0.25) is 5.91 Å². The molecule has 3 aromatic rings. The van der Waals surface area contributed by atoms with Gasteiger partial charge in [0.25, 0.3) is 0 Å². The van der Waals surface area contributed by atoms with Crippen LogP contribution < -0.4 is 0 Å². The van der Waals surface area contributed by atoms with Crippen LogP contribution >= 0.6 is 11.6 Å². The Balaban J connectivity index is 1.40. The molecule has 0 unspecified atom stereocenters. The fourth-order valence-electron chi connectivity index (χ4n) is 3.79. The zero-order chi connectivity index (χ0) is 18.1. The van der Waals surface area contributed by atoms with E-state index in [-0.39, 0.29) is 11.7 Å². The molecule has 1 amide bonds. The van der Waals surface area contributed by atoms with E-state index in [4.69, 9.17) is 11.6 Å². The zero-order valence-electron chi connectivity index (χ0n) is 14.3. The minimum atomic E-state index is -0.276. The minimum Gasteiger partial charge on any atom is -0.361 e. The molecule has 4 rings (SSSR count). The number of hydrogen-bond donors (Lipinski definition) is 1. The van der Waals surface area contributed by atoms with Crippen LogP contribution in [-0.2, 0) is 11.2 Å². The number of carbonyl (C=O) groups excluding carboxylic acids is 1. The summed E-state index contributed by atoms with van der Waals surface area (Å²) in [5, 5.41) is 1.94. The second-order valence-corrected chi connectivity index (χ2v) is 7.33. The molecule has 0 aliphatic carbocycles. The van der Waals surface area contributed by atoms with Gasteiger partial charge >= 0.3 is 0 Å². The normalized spacial score (nSPS) is 15.5. The van der Waals surface area contributed by atoms with Gasteiger partial charge < -0.3 is 9.88 Å². The van der Waals surface area contributed by atoms with Crippen molar-refractivity contribution < 1.29 is 9.18 Å². The topological polar surface area (TPSA) is 36.1 Å². The van der Waals surface area contributed by atoms with Crippen LogP contribution in [0.2, 0.25) is 5.02 Å². The highest BCUT2D eigenvalue weighted by atomic mass is 35.5. The molecule has 3 nitrogen and oxygen atoms in total. The number of aromatic nitrogens is 1. The lowest BCUT2D eigenvalue weighted by Crippen LogP contribution is -2.38. The van der Waals surface area contributed by atoms with E-state index in [9.17, 15) is 9.18 Å². The number of likely N-dealkylation sites (tertiary alicyclic amines) is 1. The van der Waals surface area contributed by atoms with Crippen LogP contribution in [0.1, 0.15) is 29.9 Å². The smallest absolute Gasteiger partial charge is 0.226 e. The van der Waals surface area contributed by atoms with Gasteiger partial charge in [0.15, 0.2) is 0 Å². The summed E-state index contributed by atoms with van der Waals surface area (Å²) in [5.74, 6) is 0.280. The Morgan fingerprint density at radius 1 is 1.15 bits per heavy atom. The van der Waals surface area contributed by atoms with Crippen LogP contribution in [0, 0.1) is 5.82 Å². The average molecular weight is 371 g/mol. The molecule has 1 saturated heterocycles. The molecule has 5 heteroatoms. The first-order chi connectivity index (χ1) is 12.6. The largest absolute Gasteiger partial charge is 0.361 e. The number of piperidine rings is 1. The number of hydrogen-bond acceptors (Lipinski definition) is 1. The first-order valence-corrected chi connectivity index (χ1v) is 9.27. The Labute approximate surface area is 156 Å². The van der Waals surface area contributed by atoms with E-state index in [1.807, 2.05) is 17.0 Å². The molecule has 1 aromatic heterocycles. The fourth-order valence-corrected chi connectivity index (χ4v) is 3.96. The third-order valence-corrected chi connectivity index (χ3v) is 5.47. The van der Waals surface area contributed by atoms with E-state index in [0.717, 1.165) is 42.0 Å². The monoisotopic (exact) mass is 370 g/mol. The van der Waals surface area contributed by atoms with Gasteiger partial charge in [-0.15, -0.1) is 0 Å². The molecule has 1 N–H and O–H groups in total. The van der Waals surface area contributed by atoms with Gasteiger partial charge in [-0.2, -0.15) is 0 Å². The van der Waals surface area contributed by atoms with Crippen molar-refractivity contribution >= 4 is 28.4 Å². The maximum Gasteiger partial charge on any atom is 0.226 e. The van der Waals surface area contributed by atoms with Crippen LogP contribution in [0.3, 0.4) is 0 Å². The summed E-state index contributed by atoms with van der Waals surface area (Å²) in [6.07, 6.45) is 4.30. The number of aromatic amines is 1. The van der Waals surface area contributed by atoms with Crippen molar-refractivity contribution in [3.63, 3.8) is 0 Å². The molecule has 0 radical (unpaired) electrons. The number of nitrogens with zero attached hydrogens (tertiary/aromatic N) is 1. The minimum absolute atomic E-state index is 0.112. The second-order valence-electron chi connectivity index (χ2n) is 6.89. The summed E-state index contributed by atoms with van der Waals surface area (Å²) in [4.78, 5) is 17.7. The van der Waals surface area contributed by atoms with Crippen molar-refractivity contribution in [1.82, 2.24) is 9.88 Å². The van der Waals surface area contributed by atoms with Gasteiger partial charge in [0.05, 0.1) is 6.42 Å². The standard InChI is InChI=1S/C21H20ClFN2O/c22-16-3-6-18-19(13-24-20(18)12-16)15-7-9-25(10-8-15)21(26)11-14-1-4-17(23)5-2-14/h1-6,12-13,15,24H,7-11H2. The summed E-state index contributed by atoms with van der Waals surface area (Å²) < 4.78 is 13.0. The van der Waals surface area contributed by atoms with Crippen LogP contribution in [0.5, 0.6) is 0 Å². The summed E-state index contributed by atoms with van der Waals surface area (Å²) >= 11 is 6.06. The van der Waals surface area contributed by atoms with Crippen molar-refractivity contribution in [2.45, 2.75) is 25.2 Å². The highest BCUT2D eigenvalue weighted by Crippen LogP contribution is 2.34. The van der Waals surface area contributed by atoms with Gasteiger partial charge in [-0.25, -0.2) is 4.39 Å². The molecule has 2 aromatic carbocycles. The third kappa shape index (κ3) is 3.47. The van der Waals surface area contributed by atoms with Crippen LogP contribution in [0.15, 0.2) is 48.7 Å². The molecule has 26 heavy (non-hydrogen) atoms. The molecular formula is C21H20ClFN2O. The van der Waals surface area contributed by atoms with E-state index >= 15 is 0 Å². The van der Waals surface area contributed by atoms with Crippen LogP contribution in [0.4, 0.5) is 4.39 Å². The van der Waals surface area contributed by atoms with Gasteiger partial charge in [0.1, 0.15) is 5.82 Å².